The molecular weight excluding hydrogens is 455 g/mol. The molecule has 4 aliphatic rings. The molecule has 8 atom stereocenters. The fourth-order valence-corrected chi connectivity index (χ4v) is 9.71. The van der Waals surface area contributed by atoms with Gasteiger partial charge in [-0.3, -0.25) is 9.48 Å². The van der Waals surface area contributed by atoms with E-state index in [4.69, 9.17) is 4.74 Å². The van der Waals surface area contributed by atoms with Crippen LogP contribution in [0.1, 0.15) is 71.6 Å². The molecule has 0 amide bonds. The van der Waals surface area contributed by atoms with Crippen LogP contribution >= 0.6 is 0 Å². The van der Waals surface area contributed by atoms with Gasteiger partial charge in [0.25, 0.3) is 0 Å². The number of rotatable bonds is 5. The van der Waals surface area contributed by atoms with Crippen LogP contribution in [0.5, 0.6) is 0 Å². The Hall–Kier alpha value is -1.79. The predicted molar refractivity (Wildman–Crippen MR) is 137 cm³/mol. The number of hydrogen-bond donors (Lipinski definition) is 1. The van der Waals surface area contributed by atoms with E-state index < -0.39 is 5.60 Å². The highest BCUT2D eigenvalue weighted by molar-refractivity contribution is 5.83. The number of ketones is 1. The summed E-state index contributed by atoms with van der Waals surface area (Å²) >= 11 is 0. The fraction of sp³-hybridized carbons (Fsp3) is 0.733. The maximum Gasteiger partial charge on any atom is 0.157 e. The first-order valence-corrected chi connectivity index (χ1v) is 14.0. The standard InChI is InChI=1S/C30H41FN2O3/c1-28(35)12-13-30(18-36-3)20(15-28)4-6-22-23-7-8-25(29(23,2)11-10-24(22)30)27(34)17-33-16-19-14-21(31)5-9-26(19)32-33/h5,9,14,16,20,22-25,35H,4,6-8,10-13,15,17-18H2,1-3H3/t20-,22-,23-,24-,25+,28+,29?,30+/m0/s1. The van der Waals surface area contributed by atoms with Crippen LogP contribution in [0.4, 0.5) is 4.39 Å². The maximum absolute atomic E-state index is 13.7. The molecule has 5 nitrogen and oxygen atoms in total. The number of Topliss-reactive ketones (excluding diaryl/α,β-unsaturated/α-hetero) is 1. The number of hydrogen-bond acceptors (Lipinski definition) is 4. The largest absolute Gasteiger partial charge is 0.390 e. The summed E-state index contributed by atoms with van der Waals surface area (Å²) in [6.45, 7) is 5.47. The van der Waals surface area contributed by atoms with E-state index in [9.17, 15) is 14.3 Å². The van der Waals surface area contributed by atoms with E-state index >= 15 is 0 Å². The van der Waals surface area contributed by atoms with Crippen LogP contribution in [0, 0.1) is 46.2 Å². The molecule has 1 aromatic heterocycles. The molecule has 196 valence electrons. The lowest BCUT2D eigenvalue weighted by Crippen LogP contribution is -2.58. The fourth-order valence-electron chi connectivity index (χ4n) is 9.71. The summed E-state index contributed by atoms with van der Waals surface area (Å²) in [7, 11) is 1.84. The molecule has 6 heteroatoms. The van der Waals surface area contributed by atoms with E-state index in [0.717, 1.165) is 62.5 Å². The summed E-state index contributed by atoms with van der Waals surface area (Å²) in [5, 5.41) is 16.1. The topological polar surface area (TPSA) is 64.3 Å². The summed E-state index contributed by atoms with van der Waals surface area (Å²) in [6, 6.07) is 4.58. The summed E-state index contributed by atoms with van der Waals surface area (Å²) in [5.74, 6) is 2.45. The van der Waals surface area contributed by atoms with E-state index in [2.05, 4.69) is 12.0 Å². The molecule has 1 aromatic carbocycles. The number of nitrogens with zero attached hydrogens (tertiary/aromatic N) is 2. The van der Waals surface area contributed by atoms with Crippen LogP contribution < -0.4 is 0 Å². The van der Waals surface area contributed by atoms with Gasteiger partial charge in [-0.15, -0.1) is 0 Å². The van der Waals surface area contributed by atoms with Crippen molar-refractivity contribution in [2.45, 2.75) is 83.8 Å². The van der Waals surface area contributed by atoms with E-state index in [0.29, 0.717) is 23.7 Å². The number of methoxy groups -OCH3 is 1. The van der Waals surface area contributed by atoms with Gasteiger partial charge in [0.05, 0.1) is 24.3 Å². The molecule has 0 radical (unpaired) electrons. The number of aromatic nitrogens is 2. The Kier molecular flexibility index (Phi) is 5.88. The molecule has 1 heterocycles. The first-order chi connectivity index (χ1) is 17.1. The number of benzene rings is 1. The van der Waals surface area contributed by atoms with Gasteiger partial charge in [-0.2, -0.15) is 5.10 Å². The van der Waals surface area contributed by atoms with Gasteiger partial charge in [0.1, 0.15) is 5.82 Å². The lowest BCUT2D eigenvalue weighted by Gasteiger charge is -2.62. The third-order valence-electron chi connectivity index (χ3n) is 11.3. The summed E-state index contributed by atoms with van der Waals surface area (Å²) in [5.41, 5.74) is 0.393. The Bertz CT molecular complexity index is 1160. The van der Waals surface area contributed by atoms with Crippen molar-refractivity contribution >= 4 is 16.7 Å². The van der Waals surface area contributed by atoms with E-state index in [1.54, 1.807) is 16.9 Å². The molecule has 0 saturated heterocycles. The molecule has 0 bridgehead atoms. The normalized spacial score (nSPS) is 42.1. The van der Waals surface area contributed by atoms with Gasteiger partial charge in [-0.1, -0.05) is 6.92 Å². The highest BCUT2D eigenvalue weighted by Crippen LogP contribution is 2.68. The number of fused-ring (bicyclic) bond motifs is 6. The van der Waals surface area contributed by atoms with E-state index in [-0.39, 0.29) is 34.9 Å². The molecular formula is C30H41FN2O3. The third-order valence-corrected chi connectivity index (χ3v) is 11.3. The summed E-state index contributed by atoms with van der Waals surface area (Å²) < 4.78 is 21.2. The van der Waals surface area contributed by atoms with Crippen molar-refractivity contribution in [2.75, 3.05) is 13.7 Å². The smallest absolute Gasteiger partial charge is 0.157 e. The Balaban J connectivity index is 1.22. The molecule has 36 heavy (non-hydrogen) atoms. The second-order valence-electron chi connectivity index (χ2n) is 13.2. The van der Waals surface area contributed by atoms with Gasteiger partial charge < -0.3 is 9.84 Å². The van der Waals surface area contributed by atoms with Crippen molar-refractivity contribution in [2.24, 2.45) is 40.4 Å². The predicted octanol–water partition coefficient (Wildman–Crippen LogP) is 5.78. The molecule has 4 saturated carbocycles. The van der Waals surface area contributed by atoms with Crippen molar-refractivity contribution in [1.82, 2.24) is 9.78 Å². The Morgan fingerprint density at radius 3 is 2.78 bits per heavy atom. The van der Waals surface area contributed by atoms with Gasteiger partial charge in [0.2, 0.25) is 0 Å². The van der Waals surface area contributed by atoms with Crippen molar-refractivity contribution in [3.05, 3.63) is 30.2 Å². The zero-order chi connectivity index (χ0) is 25.3. The quantitative estimate of drug-likeness (QED) is 0.570. The Morgan fingerprint density at radius 1 is 1.14 bits per heavy atom. The van der Waals surface area contributed by atoms with Crippen LogP contribution in [0.25, 0.3) is 10.9 Å². The number of aliphatic hydroxyl groups is 1. The molecule has 0 spiro atoms. The average molecular weight is 497 g/mol. The minimum Gasteiger partial charge on any atom is -0.390 e. The Labute approximate surface area is 213 Å². The van der Waals surface area contributed by atoms with Gasteiger partial charge in [-0.25, -0.2) is 4.39 Å². The average Bonchev–Trinajstić information content (AvgIpc) is 3.38. The van der Waals surface area contributed by atoms with Gasteiger partial charge in [-0.05, 0) is 117 Å². The van der Waals surface area contributed by atoms with Crippen LogP contribution in [0.3, 0.4) is 0 Å². The number of carbonyl (C=O) groups excluding carboxylic acids is 1. The monoisotopic (exact) mass is 496 g/mol. The maximum atomic E-state index is 13.7. The second kappa shape index (κ2) is 8.62. The lowest BCUT2D eigenvalue weighted by atomic mass is 9.43. The minimum atomic E-state index is -0.550. The molecule has 1 N–H and O–H groups in total. The van der Waals surface area contributed by atoms with E-state index in [1.807, 2.05) is 14.0 Å². The molecule has 4 fully saturated rings. The van der Waals surface area contributed by atoms with Crippen LogP contribution in [0.2, 0.25) is 0 Å². The highest BCUT2D eigenvalue weighted by atomic mass is 19.1. The van der Waals surface area contributed by atoms with Crippen molar-refractivity contribution in [3.8, 4) is 0 Å². The zero-order valence-corrected chi connectivity index (χ0v) is 22.0. The molecule has 6 rings (SSSR count). The lowest BCUT2D eigenvalue weighted by molar-refractivity contribution is -0.175. The Morgan fingerprint density at radius 2 is 1.97 bits per heavy atom. The van der Waals surface area contributed by atoms with E-state index in [1.165, 1.54) is 25.0 Å². The van der Waals surface area contributed by atoms with Crippen LogP contribution in [-0.4, -0.2) is 40.0 Å². The number of ether oxygens (including phenoxy) is 1. The molecule has 4 aliphatic carbocycles. The first kappa shape index (κ1) is 24.5. The minimum absolute atomic E-state index is 0.0399. The summed E-state index contributed by atoms with van der Waals surface area (Å²) in [6.07, 6.45) is 11.3. The van der Waals surface area contributed by atoms with Crippen molar-refractivity contribution in [3.63, 3.8) is 0 Å². The summed E-state index contributed by atoms with van der Waals surface area (Å²) in [4.78, 5) is 13.7. The second-order valence-corrected chi connectivity index (χ2v) is 13.2. The SMILES string of the molecule is COC[C@]12CC[C@@](C)(O)C[C@@H]1CC[C@H]1[C@@H]3CC[C@H](C(=O)Cn4cc5cc(F)ccc5n4)C3(C)CC[C@@H]12. The third kappa shape index (κ3) is 3.77. The van der Waals surface area contributed by atoms with Gasteiger partial charge >= 0.3 is 0 Å². The number of carbonyl (C=O) groups is 1. The molecule has 2 aromatic rings. The molecule has 0 aliphatic heterocycles. The zero-order valence-electron chi connectivity index (χ0n) is 22.0. The molecule has 1 unspecified atom stereocenters. The first-order valence-electron chi connectivity index (χ1n) is 14.0. The van der Waals surface area contributed by atoms with Crippen LogP contribution in [-0.2, 0) is 16.1 Å². The van der Waals surface area contributed by atoms with Crippen molar-refractivity contribution in [1.29, 1.82) is 0 Å². The number of halogens is 1. The van der Waals surface area contributed by atoms with Crippen molar-refractivity contribution < 1.29 is 19.0 Å². The van der Waals surface area contributed by atoms with Crippen LogP contribution in [0.15, 0.2) is 24.4 Å². The highest BCUT2D eigenvalue weighted by Gasteiger charge is 2.63. The van der Waals surface area contributed by atoms with Gasteiger partial charge in [0.15, 0.2) is 5.78 Å². The van der Waals surface area contributed by atoms with Gasteiger partial charge in [0, 0.05) is 24.6 Å².